The smallest absolute Gasteiger partial charge is 0.253 e. The molecule has 0 aliphatic carbocycles. The number of hydrogen-bond acceptors (Lipinski definition) is 4. The summed E-state index contributed by atoms with van der Waals surface area (Å²) in [5, 5.41) is 4.30. The number of ether oxygens (including phenoxy) is 2. The van der Waals surface area contributed by atoms with E-state index in [1.807, 2.05) is 49.4 Å². The summed E-state index contributed by atoms with van der Waals surface area (Å²) in [5.41, 5.74) is 3.51. The molecule has 122 valence electrons. The summed E-state index contributed by atoms with van der Waals surface area (Å²) < 4.78 is 11.1. The number of aromatic amines is 1. The van der Waals surface area contributed by atoms with Gasteiger partial charge in [-0.05, 0) is 42.1 Å². The van der Waals surface area contributed by atoms with E-state index in [9.17, 15) is 4.79 Å². The van der Waals surface area contributed by atoms with E-state index in [0.29, 0.717) is 25.3 Å². The molecule has 2 aromatic carbocycles. The molecule has 1 aliphatic rings. The molecule has 2 heterocycles. The van der Waals surface area contributed by atoms with Crippen molar-refractivity contribution in [1.82, 2.24) is 4.98 Å². The third-order valence-electron chi connectivity index (χ3n) is 4.10. The molecule has 0 bridgehead atoms. The van der Waals surface area contributed by atoms with Gasteiger partial charge < -0.3 is 19.8 Å². The van der Waals surface area contributed by atoms with Crippen LogP contribution in [0.15, 0.2) is 47.3 Å². The minimum atomic E-state index is -0.0712. The standard InChI is InChI=1S/C19H18N2O3/c1-12-2-3-13-9-14(19(22)21-16(13)8-12)11-20-15-4-5-17-18(10-15)24-7-6-23-17/h2-5,8-10,20H,6-7,11H2,1H3,(H,21,22). The summed E-state index contributed by atoms with van der Waals surface area (Å²) in [6.45, 7) is 3.58. The van der Waals surface area contributed by atoms with Crippen LogP contribution in [-0.4, -0.2) is 18.2 Å². The molecule has 0 amide bonds. The van der Waals surface area contributed by atoms with Crippen molar-refractivity contribution >= 4 is 16.6 Å². The van der Waals surface area contributed by atoms with Crippen molar-refractivity contribution in [2.24, 2.45) is 0 Å². The number of anilines is 1. The van der Waals surface area contributed by atoms with Gasteiger partial charge in [0.1, 0.15) is 13.2 Å². The Morgan fingerprint density at radius 3 is 2.75 bits per heavy atom. The average molecular weight is 322 g/mol. The zero-order valence-electron chi connectivity index (χ0n) is 13.4. The summed E-state index contributed by atoms with van der Waals surface area (Å²) in [7, 11) is 0. The molecule has 2 N–H and O–H groups in total. The van der Waals surface area contributed by atoms with E-state index in [-0.39, 0.29) is 5.56 Å². The maximum Gasteiger partial charge on any atom is 0.253 e. The van der Waals surface area contributed by atoms with Gasteiger partial charge in [-0.1, -0.05) is 12.1 Å². The van der Waals surface area contributed by atoms with E-state index < -0.39 is 0 Å². The van der Waals surface area contributed by atoms with Crippen molar-refractivity contribution in [1.29, 1.82) is 0 Å². The average Bonchev–Trinajstić information content (AvgIpc) is 2.60. The Bertz CT molecular complexity index is 962. The second-order valence-electron chi connectivity index (χ2n) is 5.93. The van der Waals surface area contributed by atoms with E-state index >= 15 is 0 Å². The largest absolute Gasteiger partial charge is 0.486 e. The molecule has 0 saturated carbocycles. The fourth-order valence-electron chi connectivity index (χ4n) is 2.84. The molecule has 0 saturated heterocycles. The predicted octanol–water partition coefficient (Wildman–Crippen LogP) is 3.22. The summed E-state index contributed by atoms with van der Waals surface area (Å²) in [6, 6.07) is 13.7. The second kappa shape index (κ2) is 5.92. The van der Waals surface area contributed by atoms with Gasteiger partial charge in [0.15, 0.2) is 11.5 Å². The summed E-state index contributed by atoms with van der Waals surface area (Å²) in [6.07, 6.45) is 0. The number of rotatable bonds is 3. The van der Waals surface area contributed by atoms with Gasteiger partial charge in [-0.3, -0.25) is 4.79 Å². The monoisotopic (exact) mass is 322 g/mol. The molecule has 1 aliphatic heterocycles. The van der Waals surface area contributed by atoms with Gasteiger partial charge in [0, 0.05) is 29.4 Å². The normalized spacial score (nSPS) is 13.0. The molecule has 1 aromatic heterocycles. The molecule has 5 nitrogen and oxygen atoms in total. The highest BCUT2D eigenvalue weighted by atomic mass is 16.6. The van der Waals surface area contributed by atoms with Crippen molar-refractivity contribution in [2.75, 3.05) is 18.5 Å². The highest BCUT2D eigenvalue weighted by Crippen LogP contribution is 2.32. The van der Waals surface area contributed by atoms with E-state index in [2.05, 4.69) is 10.3 Å². The van der Waals surface area contributed by atoms with Crippen molar-refractivity contribution in [2.45, 2.75) is 13.5 Å². The lowest BCUT2D eigenvalue weighted by Crippen LogP contribution is -2.17. The van der Waals surface area contributed by atoms with Crippen LogP contribution in [-0.2, 0) is 6.54 Å². The van der Waals surface area contributed by atoms with Gasteiger partial charge in [0.2, 0.25) is 0 Å². The Morgan fingerprint density at radius 2 is 1.88 bits per heavy atom. The van der Waals surface area contributed by atoms with Crippen LogP contribution < -0.4 is 20.3 Å². The van der Waals surface area contributed by atoms with Gasteiger partial charge in [-0.25, -0.2) is 0 Å². The van der Waals surface area contributed by atoms with Crippen LogP contribution in [0.3, 0.4) is 0 Å². The third kappa shape index (κ3) is 2.80. The molecule has 3 aromatic rings. The number of hydrogen-bond donors (Lipinski definition) is 2. The van der Waals surface area contributed by atoms with Crippen LogP contribution >= 0.6 is 0 Å². The van der Waals surface area contributed by atoms with Crippen molar-refractivity contribution < 1.29 is 9.47 Å². The first kappa shape index (κ1) is 14.6. The molecular weight excluding hydrogens is 304 g/mol. The quantitative estimate of drug-likeness (QED) is 0.777. The van der Waals surface area contributed by atoms with Crippen molar-refractivity contribution in [3.8, 4) is 11.5 Å². The maximum absolute atomic E-state index is 12.3. The number of aryl methyl sites for hydroxylation is 1. The van der Waals surface area contributed by atoms with Crippen LogP contribution in [0.4, 0.5) is 5.69 Å². The SMILES string of the molecule is Cc1ccc2cc(CNc3ccc4c(c3)OCCO4)c(=O)[nH]c2c1. The van der Waals surface area contributed by atoms with Crippen molar-refractivity contribution in [3.05, 3.63) is 63.9 Å². The molecular formula is C19H18N2O3. The van der Waals surface area contributed by atoms with Crippen LogP contribution in [0.2, 0.25) is 0 Å². The zero-order valence-corrected chi connectivity index (χ0v) is 13.4. The number of fused-ring (bicyclic) bond motifs is 2. The van der Waals surface area contributed by atoms with Gasteiger partial charge in [0.05, 0.1) is 0 Å². The lowest BCUT2D eigenvalue weighted by atomic mass is 10.1. The van der Waals surface area contributed by atoms with Gasteiger partial charge >= 0.3 is 0 Å². The molecule has 24 heavy (non-hydrogen) atoms. The Labute approximate surface area is 139 Å². The molecule has 0 spiro atoms. The number of pyridine rings is 1. The first-order valence-electron chi connectivity index (χ1n) is 7.95. The van der Waals surface area contributed by atoms with E-state index in [1.54, 1.807) is 0 Å². The highest BCUT2D eigenvalue weighted by molar-refractivity contribution is 5.79. The van der Waals surface area contributed by atoms with Crippen LogP contribution in [0.1, 0.15) is 11.1 Å². The Hall–Kier alpha value is -2.95. The van der Waals surface area contributed by atoms with Crippen molar-refractivity contribution in [3.63, 3.8) is 0 Å². The predicted molar refractivity (Wildman–Crippen MR) is 94.1 cm³/mol. The topological polar surface area (TPSA) is 63.4 Å². The first-order chi connectivity index (χ1) is 11.7. The summed E-state index contributed by atoms with van der Waals surface area (Å²) in [5.74, 6) is 1.49. The van der Waals surface area contributed by atoms with Gasteiger partial charge in [-0.15, -0.1) is 0 Å². The Morgan fingerprint density at radius 1 is 1.04 bits per heavy atom. The van der Waals surface area contributed by atoms with Crippen LogP contribution in [0.5, 0.6) is 11.5 Å². The Balaban J connectivity index is 1.57. The lowest BCUT2D eigenvalue weighted by molar-refractivity contribution is 0.171. The fraction of sp³-hybridized carbons (Fsp3) is 0.211. The number of aromatic nitrogens is 1. The first-order valence-corrected chi connectivity index (χ1v) is 7.95. The van der Waals surface area contributed by atoms with E-state index in [0.717, 1.165) is 33.7 Å². The summed E-state index contributed by atoms with van der Waals surface area (Å²) >= 11 is 0. The van der Waals surface area contributed by atoms with E-state index in [1.165, 1.54) is 0 Å². The number of benzene rings is 2. The van der Waals surface area contributed by atoms with E-state index in [4.69, 9.17) is 9.47 Å². The second-order valence-corrected chi connectivity index (χ2v) is 5.93. The minimum Gasteiger partial charge on any atom is -0.486 e. The van der Waals surface area contributed by atoms with Gasteiger partial charge in [0.25, 0.3) is 5.56 Å². The molecule has 4 rings (SSSR count). The molecule has 0 unspecified atom stereocenters. The molecule has 0 fully saturated rings. The minimum absolute atomic E-state index is 0.0712. The highest BCUT2D eigenvalue weighted by Gasteiger charge is 2.12. The van der Waals surface area contributed by atoms with Crippen LogP contribution in [0.25, 0.3) is 10.9 Å². The third-order valence-corrected chi connectivity index (χ3v) is 4.10. The molecule has 0 radical (unpaired) electrons. The lowest BCUT2D eigenvalue weighted by Gasteiger charge is -2.19. The fourth-order valence-corrected chi connectivity index (χ4v) is 2.84. The summed E-state index contributed by atoms with van der Waals surface area (Å²) in [4.78, 5) is 15.2. The zero-order chi connectivity index (χ0) is 16.5. The van der Waals surface area contributed by atoms with Crippen LogP contribution in [0, 0.1) is 6.92 Å². The Kier molecular flexibility index (Phi) is 3.61. The number of nitrogens with one attached hydrogen (secondary N) is 2. The molecule has 0 atom stereocenters. The number of H-pyrrole nitrogens is 1. The maximum atomic E-state index is 12.3. The molecule has 5 heteroatoms. The van der Waals surface area contributed by atoms with Gasteiger partial charge in [-0.2, -0.15) is 0 Å².